The van der Waals surface area contributed by atoms with Crippen molar-refractivity contribution < 1.29 is 0 Å². The van der Waals surface area contributed by atoms with E-state index in [0.29, 0.717) is 0 Å². The maximum absolute atomic E-state index is 5.98. The number of hydrogen-bond acceptors (Lipinski definition) is 3. The van der Waals surface area contributed by atoms with Crippen LogP contribution in [0.1, 0.15) is 5.56 Å². The topological polar surface area (TPSA) is 50.9 Å². The van der Waals surface area contributed by atoms with Gasteiger partial charge in [-0.15, -0.1) is 0 Å². The molecule has 0 fully saturated rings. The summed E-state index contributed by atoms with van der Waals surface area (Å²) in [6.07, 6.45) is 3.58. The van der Waals surface area contributed by atoms with E-state index in [9.17, 15) is 0 Å². The Labute approximate surface area is 122 Å². The summed E-state index contributed by atoms with van der Waals surface area (Å²) in [7, 11) is 0. The fraction of sp³-hybridized carbons (Fsp3) is 0.0625. The molecule has 0 aliphatic carbocycles. The quantitative estimate of drug-likeness (QED) is 0.712. The summed E-state index contributed by atoms with van der Waals surface area (Å²) in [5.41, 5.74) is 8.94. The maximum atomic E-state index is 5.98. The lowest BCUT2D eigenvalue weighted by molar-refractivity contribution is 1.15. The van der Waals surface area contributed by atoms with Gasteiger partial charge in [0.25, 0.3) is 0 Å². The molecule has 0 spiro atoms. The number of hydrogen-bond donors (Lipinski definition) is 2. The zero-order valence-electron chi connectivity index (χ0n) is 10.8. The minimum absolute atomic E-state index is 0.727. The van der Waals surface area contributed by atoms with Crippen molar-refractivity contribution in [2.75, 3.05) is 11.1 Å². The second-order valence-electron chi connectivity index (χ2n) is 4.60. The first kappa shape index (κ1) is 12.8. The third-order valence-electron chi connectivity index (χ3n) is 3.25. The Bertz CT molecular complexity index is 738. The minimum atomic E-state index is 0.727. The molecule has 0 aliphatic heterocycles. The molecule has 3 N–H and O–H groups in total. The van der Waals surface area contributed by atoms with Gasteiger partial charge in [-0.05, 0) is 35.9 Å². The standard InChI is InChI=1S/C16H14ClN3/c17-12-3-1-11(2-4-12)9-20-16-6-5-15(18)13-7-8-19-10-14(13)16/h1-8,10,20H,9,18H2. The van der Waals surface area contributed by atoms with Crippen LogP contribution in [0.5, 0.6) is 0 Å². The molecule has 4 heteroatoms. The summed E-state index contributed by atoms with van der Waals surface area (Å²) in [6, 6.07) is 13.6. The summed E-state index contributed by atoms with van der Waals surface area (Å²) >= 11 is 5.88. The molecule has 0 saturated carbocycles. The lowest BCUT2D eigenvalue weighted by Gasteiger charge is -2.11. The fourth-order valence-electron chi connectivity index (χ4n) is 2.17. The third-order valence-corrected chi connectivity index (χ3v) is 3.50. The van der Waals surface area contributed by atoms with E-state index in [-0.39, 0.29) is 0 Å². The van der Waals surface area contributed by atoms with E-state index in [1.807, 2.05) is 48.7 Å². The molecule has 1 aromatic heterocycles. The molecule has 0 aliphatic rings. The molecule has 3 rings (SSSR count). The SMILES string of the molecule is Nc1ccc(NCc2ccc(Cl)cc2)c2cnccc12. The van der Waals surface area contributed by atoms with E-state index in [1.165, 1.54) is 5.56 Å². The molecule has 0 radical (unpaired) electrons. The van der Waals surface area contributed by atoms with Crippen molar-refractivity contribution in [3.05, 3.63) is 65.4 Å². The van der Waals surface area contributed by atoms with Crippen molar-refractivity contribution in [1.29, 1.82) is 0 Å². The molecule has 20 heavy (non-hydrogen) atoms. The lowest BCUT2D eigenvalue weighted by atomic mass is 10.1. The van der Waals surface area contributed by atoms with Gasteiger partial charge in [-0.25, -0.2) is 0 Å². The molecule has 1 heterocycles. The van der Waals surface area contributed by atoms with Gasteiger partial charge >= 0.3 is 0 Å². The molecule has 2 aromatic carbocycles. The molecule has 3 aromatic rings. The number of pyridine rings is 1. The highest BCUT2D eigenvalue weighted by molar-refractivity contribution is 6.30. The zero-order chi connectivity index (χ0) is 13.9. The number of aromatic nitrogens is 1. The van der Waals surface area contributed by atoms with Crippen molar-refractivity contribution in [1.82, 2.24) is 4.98 Å². The second-order valence-corrected chi connectivity index (χ2v) is 5.04. The molecular weight excluding hydrogens is 270 g/mol. The average molecular weight is 284 g/mol. The molecule has 0 unspecified atom stereocenters. The van der Waals surface area contributed by atoms with Crippen molar-refractivity contribution in [3.63, 3.8) is 0 Å². The van der Waals surface area contributed by atoms with Crippen LogP contribution in [0.25, 0.3) is 10.8 Å². The van der Waals surface area contributed by atoms with Gasteiger partial charge in [-0.2, -0.15) is 0 Å². The van der Waals surface area contributed by atoms with E-state index in [0.717, 1.165) is 33.7 Å². The zero-order valence-corrected chi connectivity index (χ0v) is 11.6. The minimum Gasteiger partial charge on any atom is -0.398 e. The van der Waals surface area contributed by atoms with Gasteiger partial charge in [0.15, 0.2) is 0 Å². The first-order chi connectivity index (χ1) is 9.74. The summed E-state index contributed by atoms with van der Waals surface area (Å²) < 4.78 is 0. The molecular formula is C16H14ClN3. The van der Waals surface area contributed by atoms with Crippen LogP contribution in [-0.2, 0) is 6.54 Å². The number of nitrogens with two attached hydrogens (primary N) is 1. The van der Waals surface area contributed by atoms with Crippen LogP contribution in [0, 0.1) is 0 Å². The van der Waals surface area contributed by atoms with E-state index < -0.39 is 0 Å². The molecule has 0 amide bonds. The predicted octanol–water partition coefficient (Wildman–Crippen LogP) is 4.08. The first-order valence-corrected chi connectivity index (χ1v) is 6.72. The number of halogens is 1. The van der Waals surface area contributed by atoms with Crippen LogP contribution in [0.2, 0.25) is 5.02 Å². The Morgan fingerprint density at radius 2 is 1.80 bits per heavy atom. The Morgan fingerprint density at radius 1 is 1.00 bits per heavy atom. The van der Waals surface area contributed by atoms with Crippen LogP contribution < -0.4 is 11.1 Å². The predicted molar refractivity (Wildman–Crippen MR) is 84.9 cm³/mol. The third kappa shape index (κ3) is 2.53. The number of nitrogens with one attached hydrogen (secondary N) is 1. The smallest absolute Gasteiger partial charge is 0.0439 e. The van der Waals surface area contributed by atoms with Gasteiger partial charge in [0.05, 0.1) is 0 Å². The van der Waals surface area contributed by atoms with E-state index in [4.69, 9.17) is 17.3 Å². The molecule has 0 bridgehead atoms. The number of nitrogen functional groups attached to an aromatic ring is 1. The summed E-state index contributed by atoms with van der Waals surface area (Å²) in [5, 5.41) is 6.20. The van der Waals surface area contributed by atoms with Gasteiger partial charge in [-0.1, -0.05) is 23.7 Å². The highest BCUT2D eigenvalue weighted by Gasteiger charge is 2.03. The number of fused-ring (bicyclic) bond motifs is 1. The van der Waals surface area contributed by atoms with Gasteiger partial charge in [-0.3, -0.25) is 4.98 Å². The summed E-state index contributed by atoms with van der Waals surface area (Å²) in [4.78, 5) is 4.17. The molecule has 100 valence electrons. The highest BCUT2D eigenvalue weighted by atomic mass is 35.5. The van der Waals surface area contributed by atoms with Crippen LogP contribution >= 0.6 is 11.6 Å². The summed E-state index contributed by atoms with van der Waals surface area (Å²) in [5.74, 6) is 0. The number of nitrogens with zero attached hydrogens (tertiary/aromatic N) is 1. The van der Waals surface area contributed by atoms with Crippen LogP contribution in [-0.4, -0.2) is 4.98 Å². The second kappa shape index (κ2) is 5.39. The van der Waals surface area contributed by atoms with Gasteiger partial charge in [0, 0.05) is 46.1 Å². The van der Waals surface area contributed by atoms with Crippen molar-refractivity contribution in [2.24, 2.45) is 0 Å². The number of anilines is 2. The number of benzene rings is 2. The van der Waals surface area contributed by atoms with Crippen molar-refractivity contribution in [3.8, 4) is 0 Å². The normalized spacial score (nSPS) is 10.7. The van der Waals surface area contributed by atoms with E-state index in [1.54, 1.807) is 6.20 Å². The van der Waals surface area contributed by atoms with Gasteiger partial charge < -0.3 is 11.1 Å². The molecule has 0 atom stereocenters. The Kier molecular flexibility index (Phi) is 3.44. The lowest BCUT2D eigenvalue weighted by Crippen LogP contribution is -2.00. The Balaban J connectivity index is 1.88. The number of rotatable bonds is 3. The Hall–Kier alpha value is -2.26. The average Bonchev–Trinajstić information content (AvgIpc) is 2.49. The van der Waals surface area contributed by atoms with Crippen LogP contribution in [0.3, 0.4) is 0 Å². The van der Waals surface area contributed by atoms with E-state index in [2.05, 4.69) is 10.3 Å². The van der Waals surface area contributed by atoms with Crippen molar-refractivity contribution in [2.45, 2.75) is 6.54 Å². The monoisotopic (exact) mass is 283 g/mol. The van der Waals surface area contributed by atoms with Crippen LogP contribution in [0.4, 0.5) is 11.4 Å². The summed E-state index contributed by atoms with van der Waals surface area (Å²) in [6.45, 7) is 0.727. The fourth-order valence-corrected chi connectivity index (χ4v) is 2.29. The largest absolute Gasteiger partial charge is 0.398 e. The molecule has 0 saturated heterocycles. The van der Waals surface area contributed by atoms with E-state index >= 15 is 0 Å². The highest BCUT2D eigenvalue weighted by Crippen LogP contribution is 2.27. The Morgan fingerprint density at radius 3 is 2.60 bits per heavy atom. The van der Waals surface area contributed by atoms with Crippen LogP contribution in [0.15, 0.2) is 54.9 Å². The molecule has 3 nitrogen and oxygen atoms in total. The van der Waals surface area contributed by atoms with Gasteiger partial charge in [0.2, 0.25) is 0 Å². The maximum Gasteiger partial charge on any atom is 0.0439 e. The van der Waals surface area contributed by atoms with Crippen molar-refractivity contribution >= 4 is 33.7 Å². The first-order valence-electron chi connectivity index (χ1n) is 6.34. The van der Waals surface area contributed by atoms with Gasteiger partial charge in [0.1, 0.15) is 0 Å².